The van der Waals surface area contributed by atoms with Crippen LogP contribution in [-0.4, -0.2) is 23.6 Å². The van der Waals surface area contributed by atoms with Crippen molar-refractivity contribution in [3.05, 3.63) is 0 Å². The van der Waals surface area contributed by atoms with E-state index >= 15 is 0 Å². The first-order valence-electron chi connectivity index (χ1n) is 2.90. The summed E-state index contributed by atoms with van der Waals surface area (Å²) in [5, 5.41) is 0. The second-order valence-electron chi connectivity index (χ2n) is 1.79. The standard InChI is InChI=1S/C4H13O3PSi/c1-3-4-7-8(5,9)6-2/h3-4H2,1-2,9H3. The molecule has 0 saturated carbocycles. The topological polar surface area (TPSA) is 35.5 Å². The van der Waals surface area contributed by atoms with Gasteiger partial charge in [0.15, 0.2) is 0 Å². The van der Waals surface area contributed by atoms with Gasteiger partial charge in [0.1, 0.15) is 9.91 Å². The molecule has 1 atom stereocenters. The van der Waals surface area contributed by atoms with Crippen LogP contribution in [0.25, 0.3) is 0 Å². The molecule has 0 amide bonds. The predicted molar refractivity (Wildman–Crippen MR) is 40.8 cm³/mol. The first-order chi connectivity index (χ1) is 4.12. The summed E-state index contributed by atoms with van der Waals surface area (Å²) in [6, 6.07) is 0. The molecule has 0 heterocycles. The Morgan fingerprint density at radius 3 is 2.56 bits per heavy atom. The van der Waals surface area contributed by atoms with E-state index in [0.717, 1.165) is 6.42 Å². The lowest BCUT2D eigenvalue weighted by Crippen LogP contribution is -1.92. The van der Waals surface area contributed by atoms with Crippen LogP contribution in [0.15, 0.2) is 0 Å². The molecule has 0 aromatic carbocycles. The summed E-state index contributed by atoms with van der Waals surface area (Å²) in [6.07, 6.45) is 0.885. The molecule has 0 aromatic heterocycles. The van der Waals surface area contributed by atoms with E-state index < -0.39 is 7.14 Å². The van der Waals surface area contributed by atoms with Crippen LogP contribution in [0.5, 0.6) is 0 Å². The van der Waals surface area contributed by atoms with E-state index in [0.29, 0.717) is 16.5 Å². The Labute approximate surface area is 58.5 Å². The van der Waals surface area contributed by atoms with Gasteiger partial charge in [0.2, 0.25) is 0 Å². The van der Waals surface area contributed by atoms with Crippen molar-refractivity contribution in [3.8, 4) is 0 Å². The summed E-state index contributed by atoms with van der Waals surface area (Å²) in [6.45, 7) is 2.51. The maximum absolute atomic E-state index is 11.0. The molecule has 56 valence electrons. The molecule has 0 spiro atoms. The predicted octanol–water partition coefficient (Wildman–Crippen LogP) is 0.533. The highest BCUT2D eigenvalue weighted by molar-refractivity contribution is 7.79. The lowest BCUT2D eigenvalue weighted by molar-refractivity contribution is 0.249. The Bertz CT molecular complexity index is 116. The molecule has 9 heavy (non-hydrogen) atoms. The van der Waals surface area contributed by atoms with Crippen LogP contribution in [-0.2, 0) is 13.6 Å². The van der Waals surface area contributed by atoms with Gasteiger partial charge in [0.05, 0.1) is 6.61 Å². The minimum atomic E-state index is -2.55. The molecular weight excluding hydrogens is 155 g/mol. The van der Waals surface area contributed by atoms with Crippen molar-refractivity contribution >= 4 is 17.1 Å². The molecule has 0 rings (SSSR count). The molecular formula is C4H13O3PSi. The van der Waals surface area contributed by atoms with Gasteiger partial charge in [-0.25, -0.2) is 0 Å². The van der Waals surface area contributed by atoms with Gasteiger partial charge in [-0.3, -0.25) is 4.57 Å². The molecule has 0 N–H and O–H groups in total. The van der Waals surface area contributed by atoms with E-state index in [1.807, 2.05) is 6.92 Å². The lowest BCUT2D eigenvalue weighted by atomic mass is 10.5. The molecule has 5 heteroatoms. The monoisotopic (exact) mass is 168 g/mol. The van der Waals surface area contributed by atoms with Gasteiger partial charge < -0.3 is 9.05 Å². The van der Waals surface area contributed by atoms with Gasteiger partial charge in [-0.2, -0.15) is 0 Å². The van der Waals surface area contributed by atoms with E-state index in [2.05, 4.69) is 4.52 Å². The molecule has 0 radical (unpaired) electrons. The summed E-state index contributed by atoms with van der Waals surface area (Å²) in [4.78, 5) is 0. The third-order valence-corrected chi connectivity index (χ3v) is 4.05. The highest BCUT2D eigenvalue weighted by Crippen LogP contribution is 2.40. The second kappa shape index (κ2) is 4.23. The third-order valence-electron chi connectivity index (χ3n) is 0.862. The third kappa shape index (κ3) is 4.84. The zero-order valence-corrected chi connectivity index (χ0v) is 8.98. The number of rotatable bonds is 4. The van der Waals surface area contributed by atoms with Crippen LogP contribution in [0, 0.1) is 0 Å². The lowest BCUT2D eigenvalue weighted by Gasteiger charge is -2.09. The summed E-state index contributed by atoms with van der Waals surface area (Å²) < 4.78 is 20.5. The minimum Gasteiger partial charge on any atom is -0.317 e. The van der Waals surface area contributed by atoms with Crippen molar-refractivity contribution in [2.45, 2.75) is 13.3 Å². The molecule has 0 aliphatic rings. The van der Waals surface area contributed by atoms with Gasteiger partial charge in [-0.15, -0.1) is 0 Å². The van der Waals surface area contributed by atoms with Crippen LogP contribution in [0.1, 0.15) is 13.3 Å². The van der Waals surface area contributed by atoms with E-state index in [1.165, 1.54) is 7.11 Å². The summed E-state index contributed by atoms with van der Waals surface area (Å²) in [5.41, 5.74) is 0. The van der Waals surface area contributed by atoms with Gasteiger partial charge >= 0.3 is 0 Å². The minimum absolute atomic E-state index is 0.474. The van der Waals surface area contributed by atoms with Gasteiger partial charge in [0, 0.05) is 7.11 Å². The van der Waals surface area contributed by atoms with Crippen LogP contribution < -0.4 is 0 Å². The van der Waals surface area contributed by atoms with E-state index in [1.54, 1.807) is 0 Å². The molecule has 0 aliphatic heterocycles. The van der Waals surface area contributed by atoms with Crippen molar-refractivity contribution in [2.24, 2.45) is 0 Å². The average molecular weight is 168 g/mol. The Balaban J connectivity index is 3.46. The van der Waals surface area contributed by atoms with Gasteiger partial charge in [-0.1, -0.05) is 6.92 Å². The molecule has 0 saturated heterocycles. The van der Waals surface area contributed by atoms with Crippen LogP contribution >= 0.6 is 7.14 Å². The van der Waals surface area contributed by atoms with Crippen LogP contribution in [0.4, 0.5) is 0 Å². The van der Waals surface area contributed by atoms with E-state index in [-0.39, 0.29) is 0 Å². The quantitative estimate of drug-likeness (QED) is 0.454. The van der Waals surface area contributed by atoms with Crippen molar-refractivity contribution < 1.29 is 13.6 Å². The van der Waals surface area contributed by atoms with Gasteiger partial charge in [-0.05, 0) is 6.42 Å². The molecule has 0 bridgehead atoms. The number of hydrogen-bond acceptors (Lipinski definition) is 3. The van der Waals surface area contributed by atoms with E-state index in [9.17, 15) is 4.57 Å². The first-order valence-corrected chi connectivity index (χ1v) is 7.57. The van der Waals surface area contributed by atoms with Crippen molar-refractivity contribution in [1.82, 2.24) is 0 Å². The zero-order chi connectivity index (χ0) is 7.33. The fourth-order valence-corrected chi connectivity index (χ4v) is 1.48. The fourth-order valence-electron chi connectivity index (χ4n) is 0.310. The Morgan fingerprint density at radius 2 is 2.22 bits per heavy atom. The smallest absolute Gasteiger partial charge is 0.286 e. The molecule has 0 aromatic rings. The maximum atomic E-state index is 11.0. The normalized spacial score (nSPS) is 17.6. The average Bonchev–Trinajstić information content (AvgIpc) is 1.84. The Hall–Kier alpha value is 0.367. The van der Waals surface area contributed by atoms with E-state index in [4.69, 9.17) is 4.52 Å². The van der Waals surface area contributed by atoms with Crippen molar-refractivity contribution in [2.75, 3.05) is 13.7 Å². The van der Waals surface area contributed by atoms with Gasteiger partial charge in [0.25, 0.3) is 7.14 Å². The first kappa shape index (κ1) is 9.37. The summed E-state index contributed by atoms with van der Waals surface area (Å²) in [7, 11) is -0.657. The molecule has 0 fully saturated rings. The molecule has 0 aliphatic carbocycles. The molecule has 1 unspecified atom stereocenters. The van der Waals surface area contributed by atoms with Crippen LogP contribution in [0.3, 0.4) is 0 Å². The maximum Gasteiger partial charge on any atom is 0.286 e. The molecule has 3 nitrogen and oxygen atoms in total. The summed E-state index contributed by atoms with van der Waals surface area (Å²) in [5.74, 6) is 0. The Morgan fingerprint density at radius 1 is 1.67 bits per heavy atom. The number of hydrogen-bond donors (Lipinski definition) is 0. The largest absolute Gasteiger partial charge is 0.317 e. The highest BCUT2D eigenvalue weighted by atomic mass is 31.4. The van der Waals surface area contributed by atoms with Crippen molar-refractivity contribution in [3.63, 3.8) is 0 Å². The zero-order valence-electron chi connectivity index (χ0n) is 6.09. The second-order valence-corrected chi connectivity index (χ2v) is 7.24. The summed E-state index contributed by atoms with van der Waals surface area (Å²) >= 11 is 0. The SMILES string of the molecule is CCCOP(=O)([SiH3])OC. The highest BCUT2D eigenvalue weighted by Gasteiger charge is 2.11. The van der Waals surface area contributed by atoms with Crippen molar-refractivity contribution in [1.29, 1.82) is 0 Å². The fraction of sp³-hybridized carbons (Fsp3) is 1.00. The van der Waals surface area contributed by atoms with Crippen LogP contribution in [0.2, 0.25) is 0 Å². The Kier molecular flexibility index (Phi) is 4.40.